The summed E-state index contributed by atoms with van der Waals surface area (Å²) >= 11 is 1.31. The number of benzene rings is 1. The molecule has 2 unspecified atom stereocenters. The van der Waals surface area contributed by atoms with Crippen LogP contribution in [0.3, 0.4) is 0 Å². The Morgan fingerprint density at radius 2 is 2.00 bits per heavy atom. The lowest BCUT2D eigenvalue weighted by molar-refractivity contribution is 0.414. The lowest BCUT2D eigenvalue weighted by Crippen LogP contribution is -2.30. The number of nitroso groups, excluding NO2 is 1. The van der Waals surface area contributed by atoms with Crippen LogP contribution in [0.15, 0.2) is 39.7 Å². The Morgan fingerprint density at radius 1 is 1.31 bits per heavy atom. The topological polar surface area (TPSA) is 66.8 Å². The summed E-state index contributed by atoms with van der Waals surface area (Å²) in [6.07, 6.45) is 1.90. The molecule has 2 aromatic rings. The van der Waals surface area contributed by atoms with E-state index in [-0.39, 0.29) is 11.7 Å². The first kappa shape index (κ1) is 19.1. The van der Waals surface area contributed by atoms with Crippen LogP contribution in [0.5, 0.6) is 0 Å². The van der Waals surface area contributed by atoms with Crippen LogP contribution in [0.25, 0.3) is 0 Å². The van der Waals surface area contributed by atoms with Gasteiger partial charge < -0.3 is 0 Å². The molecule has 2 atom stereocenters. The standard InChI is InChI=1S/C18H21FN2O3S2/c1-12-3-8-15-16(11-25-18(15)17(12)20-22)26(23,24)21(2)10-9-13-4-6-14(19)7-5-13/h4-7,11-12,17H,3,8-10H2,1-2H3. The molecule has 8 heteroatoms. The van der Waals surface area contributed by atoms with E-state index in [9.17, 15) is 17.7 Å². The molecule has 0 fully saturated rings. The van der Waals surface area contributed by atoms with Crippen molar-refractivity contribution in [2.75, 3.05) is 13.6 Å². The average Bonchev–Trinajstić information content (AvgIpc) is 3.05. The fraction of sp³-hybridized carbons (Fsp3) is 0.444. The quantitative estimate of drug-likeness (QED) is 0.689. The van der Waals surface area contributed by atoms with E-state index in [1.807, 2.05) is 6.92 Å². The summed E-state index contributed by atoms with van der Waals surface area (Å²) in [4.78, 5) is 12.3. The van der Waals surface area contributed by atoms with E-state index >= 15 is 0 Å². The summed E-state index contributed by atoms with van der Waals surface area (Å²) in [5.74, 6) is -0.183. The van der Waals surface area contributed by atoms with Crippen LogP contribution in [0.2, 0.25) is 0 Å². The van der Waals surface area contributed by atoms with Crippen LogP contribution in [0.1, 0.15) is 35.4 Å². The number of halogens is 1. The van der Waals surface area contributed by atoms with Crippen LogP contribution >= 0.6 is 11.3 Å². The van der Waals surface area contributed by atoms with Gasteiger partial charge in [0.2, 0.25) is 10.0 Å². The smallest absolute Gasteiger partial charge is 0.207 e. The molecule has 0 spiro atoms. The Labute approximate surface area is 156 Å². The number of hydrogen-bond acceptors (Lipinski definition) is 5. The third-order valence-electron chi connectivity index (χ3n) is 4.98. The van der Waals surface area contributed by atoms with E-state index in [2.05, 4.69) is 5.18 Å². The van der Waals surface area contributed by atoms with Gasteiger partial charge in [0, 0.05) is 23.8 Å². The van der Waals surface area contributed by atoms with Crippen LogP contribution in [-0.2, 0) is 22.9 Å². The summed E-state index contributed by atoms with van der Waals surface area (Å²) in [6, 6.07) is 5.59. The number of likely N-dealkylation sites (N-methyl/N-ethyl adjacent to an activating group) is 1. The summed E-state index contributed by atoms with van der Waals surface area (Å²) in [6.45, 7) is 2.27. The minimum Gasteiger partial charge on any atom is -0.207 e. The second kappa shape index (κ2) is 7.54. The molecule has 140 valence electrons. The fourth-order valence-electron chi connectivity index (χ4n) is 3.26. The molecule has 0 radical (unpaired) electrons. The normalized spacial score (nSPS) is 20.2. The highest BCUT2D eigenvalue weighted by Crippen LogP contribution is 2.43. The Balaban J connectivity index is 1.80. The number of nitrogens with zero attached hydrogens (tertiary/aromatic N) is 2. The zero-order valence-electron chi connectivity index (χ0n) is 14.7. The maximum atomic E-state index is 13.0. The molecule has 0 saturated carbocycles. The van der Waals surface area contributed by atoms with Crippen LogP contribution < -0.4 is 0 Å². The number of rotatable bonds is 6. The minimum atomic E-state index is -3.64. The molecule has 0 saturated heterocycles. The molecule has 0 bridgehead atoms. The lowest BCUT2D eigenvalue weighted by atomic mass is 9.86. The Kier molecular flexibility index (Phi) is 5.55. The second-order valence-corrected chi connectivity index (χ2v) is 9.64. The van der Waals surface area contributed by atoms with E-state index in [0.717, 1.165) is 22.4 Å². The number of hydrogen-bond donors (Lipinski definition) is 0. The van der Waals surface area contributed by atoms with E-state index in [1.54, 1.807) is 24.6 Å². The van der Waals surface area contributed by atoms with Gasteiger partial charge in [-0.1, -0.05) is 24.2 Å². The Morgan fingerprint density at radius 3 is 2.65 bits per heavy atom. The van der Waals surface area contributed by atoms with Crippen LogP contribution in [0, 0.1) is 16.6 Å². The first-order valence-electron chi connectivity index (χ1n) is 8.48. The van der Waals surface area contributed by atoms with Gasteiger partial charge in [0.25, 0.3) is 0 Å². The molecule has 5 nitrogen and oxygen atoms in total. The summed E-state index contributed by atoms with van der Waals surface area (Å²) < 4.78 is 40.3. The molecule has 26 heavy (non-hydrogen) atoms. The monoisotopic (exact) mass is 396 g/mol. The molecule has 1 aromatic heterocycles. The van der Waals surface area contributed by atoms with Gasteiger partial charge in [-0.3, -0.25) is 0 Å². The van der Waals surface area contributed by atoms with Crippen molar-refractivity contribution >= 4 is 21.4 Å². The Bertz CT molecular complexity index is 894. The van der Waals surface area contributed by atoms with Crippen molar-refractivity contribution in [3.8, 4) is 0 Å². The van der Waals surface area contributed by atoms with Crippen LogP contribution in [-0.4, -0.2) is 26.3 Å². The SMILES string of the molecule is CC1CCc2c(S(=O)(=O)N(C)CCc3ccc(F)cc3)csc2C1N=O. The van der Waals surface area contributed by atoms with Crippen molar-refractivity contribution in [2.45, 2.75) is 37.1 Å². The third kappa shape index (κ3) is 3.58. The molecule has 1 heterocycles. The predicted octanol–water partition coefficient (Wildman–Crippen LogP) is 4.14. The maximum absolute atomic E-state index is 13.0. The lowest BCUT2D eigenvalue weighted by Gasteiger charge is -2.25. The first-order valence-corrected chi connectivity index (χ1v) is 10.8. The maximum Gasteiger partial charge on any atom is 0.243 e. The number of sulfonamides is 1. The van der Waals surface area contributed by atoms with Gasteiger partial charge in [0.05, 0.1) is 4.90 Å². The van der Waals surface area contributed by atoms with Crippen molar-refractivity contribution in [1.82, 2.24) is 4.31 Å². The van der Waals surface area contributed by atoms with Crippen LogP contribution in [0.4, 0.5) is 4.39 Å². The molecule has 3 rings (SSSR count). The van der Waals surface area contributed by atoms with Gasteiger partial charge in [-0.05, 0) is 48.4 Å². The zero-order chi connectivity index (χ0) is 18.9. The average molecular weight is 397 g/mol. The van der Waals surface area contributed by atoms with Crippen molar-refractivity contribution < 1.29 is 12.8 Å². The molecular formula is C18H21FN2O3S2. The number of thiophene rings is 1. The summed E-state index contributed by atoms with van der Waals surface area (Å²) in [5.41, 5.74) is 1.62. The zero-order valence-corrected chi connectivity index (χ0v) is 16.3. The van der Waals surface area contributed by atoms with Gasteiger partial charge in [-0.2, -0.15) is 4.91 Å². The van der Waals surface area contributed by atoms with Gasteiger partial charge >= 0.3 is 0 Å². The highest BCUT2D eigenvalue weighted by atomic mass is 32.2. The number of fused-ring (bicyclic) bond motifs is 1. The molecule has 1 aliphatic carbocycles. The first-order chi connectivity index (χ1) is 12.3. The van der Waals surface area contributed by atoms with Gasteiger partial charge in [-0.15, -0.1) is 11.3 Å². The van der Waals surface area contributed by atoms with E-state index in [1.165, 1.54) is 27.8 Å². The van der Waals surface area contributed by atoms with Crippen molar-refractivity contribution in [3.05, 3.63) is 56.4 Å². The van der Waals surface area contributed by atoms with E-state index in [0.29, 0.717) is 24.3 Å². The van der Waals surface area contributed by atoms with Gasteiger partial charge in [0.15, 0.2) is 0 Å². The summed E-state index contributed by atoms with van der Waals surface area (Å²) in [7, 11) is -2.09. The largest absolute Gasteiger partial charge is 0.243 e. The predicted molar refractivity (Wildman–Crippen MR) is 100 cm³/mol. The van der Waals surface area contributed by atoms with Gasteiger partial charge in [-0.25, -0.2) is 17.1 Å². The van der Waals surface area contributed by atoms with E-state index < -0.39 is 16.1 Å². The van der Waals surface area contributed by atoms with Gasteiger partial charge in [0.1, 0.15) is 11.9 Å². The molecule has 1 aliphatic rings. The molecule has 0 aliphatic heterocycles. The molecule has 0 amide bonds. The Hall–Kier alpha value is -1.64. The second-order valence-electron chi connectivity index (χ2n) is 6.71. The van der Waals surface area contributed by atoms with Crippen molar-refractivity contribution in [2.24, 2.45) is 11.1 Å². The third-order valence-corrected chi connectivity index (χ3v) is 8.14. The van der Waals surface area contributed by atoms with Crippen molar-refractivity contribution in [3.63, 3.8) is 0 Å². The minimum absolute atomic E-state index is 0.130. The highest BCUT2D eigenvalue weighted by molar-refractivity contribution is 7.89. The molecule has 0 N–H and O–H groups in total. The molecule has 1 aromatic carbocycles. The van der Waals surface area contributed by atoms with Crippen molar-refractivity contribution in [1.29, 1.82) is 0 Å². The van der Waals surface area contributed by atoms with E-state index in [4.69, 9.17) is 0 Å². The molecular weight excluding hydrogens is 375 g/mol. The fourth-order valence-corrected chi connectivity index (χ4v) is 6.29. The summed E-state index contributed by atoms with van der Waals surface area (Å²) in [5, 5.41) is 4.84. The highest BCUT2D eigenvalue weighted by Gasteiger charge is 2.35.